The van der Waals surface area contributed by atoms with Gasteiger partial charge in [0, 0.05) is 25.2 Å². The van der Waals surface area contributed by atoms with E-state index in [0.29, 0.717) is 24.8 Å². The van der Waals surface area contributed by atoms with Gasteiger partial charge in [0.2, 0.25) is 5.88 Å². The van der Waals surface area contributed by atoms with E-state index in [2.05, 4.69) is 9.97 Å². The molecule has 0 aliphatic carbocycles. The summed E-state index contributed by atoms with van der Waals surface area (Å²) in [5, 5.41) is 0. The Morgan fingerprint density at radius 2 is 2.00 bits per heavy atom. The van der Waals surface area contributed by atoms with Gasteiger partial charge in [0.25, 0.3) is 5.91 Å². The normalized spacial score (nSPS) is 18.2. The Kier molecular flexibility index (Phi) is 5.41. The van der Waals surface area contributed by atoms with Crippen LogP contribution in [0.5, 0.6) is 5.88 Å². The molecule has 1 saturated heterocycles. The zero-order valence-electron chi connectivity index (χ0n) is 15.0. The fourth-order valence-corrected chi connectivity index (χ4v) is 2.92. The van der Waals surface area contributed by atoms with E-state index in [1.165, 1.54) is 6.92 Å². The predicted molar refractivity (Wildman–Crippen MR) is 87.6 cm³/mol. The zero-order valence-corrected chi connectivity index (χ0v) is 15.0. The first-order chi connectivity index (χ1) is 11.2. The molecule has 0 aromatic carbocycles. The average molecular weight is 335 g/mol. The number of piperidine rings is 1. The molecule has 132 valence electrons. The third kappa shape index (κ3) is 4.66. The van der Waals surface area contributed by atoms with E-state index in [-0.39, 0.29) is 12.0 Å². The number of likely N-dealkylation sites (tertiary alicyclic amines) is 1. The maximum Gasteiger partial charge on any atom is 0.303 e. The number of rotatable bonds is 4. The number of hydrogen-bond acceptors (Lipinski definition) is 6. The summed E-state index contributed by atoms with van der Waals surface area (Å²) in [6.45, 7) is 9.31. The first kappa shape index (κ1) is 18.2. The van der Waals surface area contributed by atoms with Crippen molar-refractivity contribution < 1.29 is 19.1 Å². The molecule has 0 saturated carbocycles. The van der Waals surface area contributed by atoms with Crippen LogP contribution < -0.4 is 4.74 Å². The smallest absolute Gasteiger partial charge is 0.303 e. The third-order valence-electron chi connectivity index (χ3n) is 3.81. The maximum atomic E-state index is 12.6. The molecule has 1 fully saturated rings. The molecule has 1 atom stereocenters. The molecule has 1 aliphatic heterocycles. The highest BCUT2D eigenvalue weighted by atomic mass is 16.6. The van der Waals surface area contributed by atoms with Crippen LogP contribution >= 0.6 is 0 Å². The molecule has 0 spiro atoms. The van der Waals surface area contributed by atoms with Gasteiger partial charge < -0.3 is 14.4 Å². The van der Waals surface area contributed by atoms with Gasteiger partial charge in [0.15, 0.2) is 5.60 Å². The quantitative estimate of drug-likeness (QED) is 0.781. The monoisotopic (exact) mass is 335 g/mol. The van der Waals surface area contributed by atoms with Gasteiger partial charge >= 0.3 is 5.97 Å². The largest absolute Gasteiger partial charge is 0.472 e. The molecule has 0 N–H and O–H groups in total. The van der Waals surface area contributed by atoms with Gasteiger partial charge in [-0.05, 0) is 40.5 Å². The van der Waals surface area contributed by atoms with Crippen LogP contribution in [0.25, 0.3) is 0 Å². The number of nitrogens with zero attached hydrogens (tertiary/aromatic N) is 3. The Morgan fingerprint density at radius 1 is 1.29 bits per heavy atom. The van der Waals surface area contributed by atoms with Crippen LogP contribution in [0.1, 0.15) is 45.1 Å². The number of ether oxygens (including phenoxy) is 2. The minimum atomic E-state index is -1.17. The highest BCUT2D eigenvalue weighted by molar-refractivity contribution is 5.86. The van der Waals surface area contributed by atoms with E-state index in [1.807, 2.05) is 13.8 Å². The third-order valence-corrected chi connectivity index (χ3v) is 3.81. The van der Waals surface area contributed by atoms with Crippen LogP contribution in [0.2, 0.25) is 0 Å². The fraction of sp³-hybridized carbons (Fsp3) is 0.647. The average Bonchev–Trinajstić information content (AvgIpc) is 2.44. The van der Waals surface area contributed by atoms with Crippen molar-refractivity contribution in [3.05, 3.63) is 17.6 Å². The Balaban J connectivity index is 2.03. The predicted octanol–water partition coefficient (Wildman–Crippen LogP) is 1.80. The summed E-state index contributed by atoms with van der Waals surface area (Å²) in [4.78, 5) is 34.0. The molecule has 24 heavy (non-hydrogen) atoms. The standard InChI is InChI=1S/C17H25N3O4/c1-11-9-15(19-12(2)18-11)23-14-7-6-8-20(10-14)16(22)17(4,5)24-13(3)21/h9,14H,6-8,10H2,1-5H3/t14-/m1/s1. The molecule has 2 heterocycles. The molecule has 1 aliphatic rings. The van der Waals surface area contributed by atoms with Gasteiger partial charge in [-0.3, -0.25) is 9.59 Å². The molecule has 7 heteroatoms. The van der Waals surface area contributed by atoms with Crippen LogP contribution in [0, 0.1) is 13.8 Å². The molecule has 0 radical (unpaired) electrons. The van der Waals surface area contributed by atoms with E-state index in [1.54, 1.807) is 24.8 Å². The van der Waals surface area contributed by atoms with E-state index < -0.39 is 11.6 Å². The van der Waals surface area contributed by atoms with Crippen LogP contribution in [0.3, 0.4) is 0 Å². The van der Waals surface area contributed by atoms with Crippen LogP contribution in [-0.2, 0) is 14.3 Å². The summed E-state index contributed by atoms with van der Waals surface area (Å²) in [7, 11) is 0. The SMILES string of the molecule is CC(=O)OC(C)(C)C(=O)N1CCC[C@@H](Oc2cc(C)nc(C)n2)C1. The Bertz CT molecular complexity index is 610. The topological polar surface area (TPSA) is 81.6 Å². The van der Waals surface area contributed by atoms with Crippen LogP contribution in [0.4, 0.5) is 0 Å². The first-order valence-corrected chi connectivity index (χ1v) is 8.15. The molecule has 1 aromatic rings. The van der Waals surface area contributed by atoms with Crippen molar-refractivity contribution in [2.24, 2.45) is 0 Å². The lowest BCUT2D eigenvalue weighted by molar-refractivity contribution is -0.169. The zero-order chi connectivity index (χ0) is 17.9. The van der Waals surface area contributed by atoms with Crippen molar-refractivity contribution in [3.63, 3.8) is 0 Å². The summed E-state index contributed by atoms with van der Waals surface area (Å²) in [5.41, 5.74) is -0.326. The van der Waals surface area contributed by atoms with Gasteiger partial charge in [-0.1, -0.05) is 0 Å². The van der Waals surface area contributed by atoms with Crippen molar-refractivity contribution in [3.8, 4) is 5.88 Å². The highest BCUT2D eigenvalue weighted by Crippen LogP contribution is 2.21. The van der Waals surface area contributed by atoms with Crippen molar-refractivity contribution in [1.29, 1.82) is 0 Å². The van der Waals surface area contributed by atoms with E-state index in [9.17, 15) is 9.59 Å². The van der Waals surface area contributed by atoms with Gasteiger partial charge in [-0.15, -0.1) is 0 Å². The number of esters is 1. The minimum Gasteiger partial charge on any atom is -0.472 e. The Hall–Kier alpha value is -2.18. The summed E-state index contributed by atoms with van der Waals surface area (Å²) in [6.07, 6.45) is 1.54. The molecule has 2 rings (SSSR count). The van der Waals surface area contributed by atoms with E-state index >= 15 is 0 Å². The van der Waals surface area contributed by atoms with Gasteiger partial charge in [-0.25, -0.2) is 4.98 Å². The van der Waals surface area contributed by atoms with Gasteiger partial charge in [0.05, 0.1) is 6.54 Å². The van der Waals surface area contributed by atoms with Crippen molar-refractivity contribution >= 4 is 11.9 Å². The van der Waals surface area contributed by atoms with Gasteiger partial charge in [-0.2, -0.15) is 4.98 Å². The molecular formula is C17H25N3O4. The lowest BCUT2D eigenvalue weighted by Crippen LogP contribution is -2.53. The summed E-state index contributed by atoms with van der Waals surface area (Å²) < 4.78 is 11.1. The Labute approximate surface area is 142 Å². The maximum absolute atomic E-state index is 12.6. The van der Waals surface area contributed by atoms with Crippen molar-refractivity contribution in [2.75, 3.05) is 13.1 Å². The molecular weight excluding hydrogens is 310 g/mol. The molecule has 1 aromatic heterocycles. The summed E-state index contributed by atoms with van der Waals surface area (Å²) >= 11 is 0. The molecule has 7 nitrogen and oxygen atoms in total. The van der Waals surface area contributed by atoms with Crippen molar-refractivity contribution in [2.45, 2.75) is 59.2 Å². The van der Waals surface area contributed by atoms with E-state index in [0.717, 1.165) is 18.5 Å². The van der Waals surface area contributed by atoms with Crippen LogP contribution in [0.15, 0.2) is 6.07 Å². The van der Waals surface area contributed by atoms with Crippen LogP contribution in [-0.4, -0.2) is 51.5 Å². The second-order valence-electron chi connectivity index (χ2n) is 6.63. The lowest BCUT2D eigenvalue weighted by atomic mass is 10.0. The molecule has 0 unspecified atom stereocenters. The number of aryl methyl sites for hydroxylation is 2. The van der Waals surface area contributed by atoms with Crippen molar-refractivity contribution in [1.82, 2.24) is 14.9 Å². The fourth-order valence-electron chi connectivity index (χ4n) is 2.92. The summed E-state index contributed by atoms with van der Waals surface area (Å²) in [6, 6.07) is 1.79. The number of carbonyl (C=O) groups is 2. The number of carbonyl (C=O) groups excluding carboxylic acids is 2. The second-order valence-corrected chi connectivity index (χ2v) is 6.63. The highest BCUT2D eigenvalue weighted by Gasteiger charge is 2.37. The minimum absolute atomic E-state index is 0.135. The summed E-state index contributed by atoms with van der Waals surface area (Å²) in [5.74, 6) is 0.509. The molecule has 1 amide bonds. The van der Waals surface area contributed by atoms with Gasteiger partial charge in [0.1, 0.15) is 11.9 Å². The van der Waals surface area contributed by atoms with E-state index in [4.69, 9.17) is 9.47 Å². The number of hydrogen-bond donors (Lipinski definition) is 0. The number of amides is 1. The second kappa shape index (κ2) is 7.15. The lowest BCUT2D eigenvalue weighted by Gasteiger charge is -2.36. The Morgan fingerprint density at radius 3 is 2.62 bits per heavy atom. The first-order valence-electron chi connectivity index (χ1n) is 8.15. The number of aromatic nitrogens is 2. The molecule has 0 bridgehead atoms.